The molecule has 1 rings (SSSR count). The first kappa shape index (κ1) is 15.5. The van der Waals surface area contributed by atoms with Gasteiger partial charge in [-0.3, -0.25) is 0 Å². The number of urea groups is 1. The van der Waals surface area contributed by atoms with E-state index in [1.54, 1.807) is 6.92 Å². The molecule has 0 bridgehead atoms. The average Bonchev–Trinajstić information content (AvgIpc) is 2.36. The highest BCUT2D eigenvalue weighted by molar-refractivity contribution is 5.89. The third kappa shape index (κ3) is 5.85. The van der Waals surface area contributed by atoms with Crippen molar-refractivity contribution in [1.29, 1.82) is 0 Å². The Kier molecular flexibility index (Phi) is 6.02. The second-order valence-corrected chi connectivity index (χ2v) is 3.68. The fourth-order valence-corrected chi connectivity index (χ4v) is 1.22. The highest BCUT2D eigenvalue weighted by Gasteiger charge is 2.02. The summed E-state index contributed by atoms with van der Waals surface area (Å²) in [5.74, 6) is -1.03. The number of hydrogen-bond acceptors (Lipinski definition) is 4. The Morgan fingerprint density at radius 3 is 2.80 bits per heavy atom. The van der Waals surface area contributed by atoms with Crippen LogP contribution in [0.25, 0.3) is 0 Å². The average molecular weight is 279 g/mol. The molecule has 1 aromatic carbocycles. The molecule has 0 unspecified atom stereocenters. The predicted octanol–water partition coefficient (Wildman–Crippen LogP) is 3.28. The summed E-state index contributed by atoms with van der Waals surface area (Å²) in [4.78, 5) is 22.5. The molecule has 0 fully saturated rings. The van der Waals surface area contributed by atoms with Gasteiger partial charge >= 0.3 is 12.0 Å². The lowest BCUT2D eigenvalue weighted by Gasteiger charge is -2.00. The molecule has 2 amide bonds. The molecule has 20 heavy (non-hydrogen) atoms. The van der Waals surface area contributed by atoms with Crippen molar-refractivity contribution in [3.63, 3.8) is 0 Å². The first-order valence-electron chi connectivity index (χ1n) is 5.84. The van der Waals surface area contributed by atoms with Gasteiger partial charge in [-0.2, -0.15) is 5.11 Å². The number of carbonyl (C=O) groups excluding carboxylic acids is 2. The minimum atomic E-state index is -0.771. The van der Waals surface area contributed by atoms with Gasteiger partial charge in [-0.25, -0.2) is 14.0 Å². The maximum atomic E-state index is 12.9. The van der Waals surface area contributed by atoms with Gasteiger partial charge in [0.25, 0.3) is 0 Å². The molecule has 0 aliphatic heterocycles. The number of halogens is 1. The molecule has 6 nitrogen and oxygen atoms in total. The third-order valence-corrected chi connectivity index (χ3v) is 1.99. The van der Waals surface area contributed by atoms with Gasteiger partial charge in [0.05, 0.1) is 12.3 Å². The number of allylic oxidation sites excluding steroid dienone is 1. The van der Waals surface area contributed by atoms with Gasteiger partial charge in [-0.1, -0.05) is 11.2 Å². The van der Waals surface area contributed by atoms with Crippen LogP contribution in [0.4, 0.5) is 14.9 Å². The predicted molar refractivity (Wildman–Crippen MR) is 70.7 cm³/mol. The van der Waals surface area contributed by atoms with Crippen LogP contribution >= 0.6 is 0 Å². The molecule has 0 aliphatic rings. The van der Waals surface area contributed by atoms with Gasteiger partial charge in [0.2, 0.25) is 0 Å². The minimum absolute atomic E-state index is 0.220. The Bertz CT molecular complexity index is 556. The van der Waals surface area contributed by atoms with Crippen LogP contribution in [0.5, 0.6) is 0 Å². The van der Waals surface area contributed by atoms with Gasteiger partial charge in [-0.15, -0.1) is 0 Å². The number of benzene rings is 1. The van der Waals surface area contributed by atoms with Crippen LogP contribution in [-0.4, -0.2) is 18.6 Å². The fraction of sp³-hybridized carbons (Fsp3) is 0.231. The Morgan fingerprint density at radius 1 is 1.40 bits per heavy atom. The molecular formula is C13H14FN3O3. The molecule has 106 valence electrons. The molecule has 0 saturated carbocycles. The zero-order valence-corrected chi connectivity index (χ0v) is 11.1. The summed E-state index contributed by atoms with van der Waals surface area (Å²) in [6.45, 7) is 3.42. The number of esters is 1. The number of ether oxygens (including phenoxy) is 1. The molecule has 1 N–H and O–H groups in total. The quantitative estimate of drug-likeness (QED) is 0.521. The van der Waals surface area contributed by atoms with E-state index in [2.05, 4.69) is 20.3 Å². The topological polar surface area (TPSA) is 80.1 Å². The second-order valence-electron chi connectivity index (χ2n) is 3.68. The molecule has 0 aliphatic carbocycles. The van der Waals surface area contributed by atoms with Crippen molar-refractivity contribution in [2.24, 2.45) is 10.2 Å². The van der Waals surface area contributed by atoms with Gasteiger partial charge in [0, 0.05) is 11.8 Å². The van der Waals surface area contributed by atoms with Crippen LogP contribution in [0.15, 0.2) is 46.3 Å². The molecule has 0 atom stereocenters. The van der Waals surface area contributed by atoms with Crippen LogP contribution in [-0.2, 0) is 9.53 Å². The Morgan fingerprint density at radius 2 is 2.15 bits per heavy atom. The Balaban J connectivity index is 2.57. The van der Waals surface area contributed by atoms with Crippen molar-refractivity contribution in [1.82, 2.24) is 0 Å². The Labute approximate surface area is 115 Å². The number of carbonyl (C=O) groups is 2. The summed E-state index contributed by atoms with van der Waals surface area (Å²) >= 11 is 0. The van der Waals surface area contributed by atoms with Crippen molar-refractivity contribution < 1.29 is 18.7 Å². The highest BCUT2D eigenvalue weighted by Crippen LogP contribution is 2.09. The van der Waals surface area contributed by atoms with Crippen molar-refractivity contribution in [2.75, 3.05) is 11.9 Å². The number of azo groups is 1. The monoisotopic (exact) mass is 279 g/mol. The summed E-state index contributed by atoms with van der Waals surface area (Å²) in [5.41, 5.74) is 0.485. The lowest BCUT2D eigenvalue weighted by atomic mass is 10.3. The normalized spacial score (nSPS) is 11.4. The van der Waals surface area contributed by atoms with E-state index in [0.29, 0.717) is 0 Å². The highest BCUT2D eigenvalue weighted by atomic mass is 19.1. The number of rotatable bonds is 4. The van der Waals surface area contributed by atoms with Gasteiger partial charge in [-0.05, 0) is 32.0 Å². The fourth-order valence-electron chi connectivity index (χ4n) is 1.22. The van der Waals surface area contributed by atoms with Crippen molar-refractivity contribution in [3.8, 4) is 0 Å². The molecule has 0 radical (unpaired) electrons. The molecule has 0 spiro atoms. The van der Waals surface area contributed by atoms with E-state index in [1.165, 1.54) is 25.1 Å². The van der Waals surface area contributed by atoms with Gasteiger partial charge < -0.3 is 10.1 Å². The number of hydrogen-bond donors (Lipinski definition) is 1. The first-order chi connectivity index (χ1) is 9.51. The second kappa shape index (κ2) is 7.78. The minimum Gasteiger partial charge on any atom is -0.463 e. The smallest absolute Gasteiger partial charge is 0.364 e. The summed E-state index contributed by atoms with van der Waals surface area (Å²) in [7, 11) is 0. The van der Waals surface area contributed by atoms with Gasteiger partial charge in [0.15, 0.2) is 0 Å². The largest absolute Gasteiger partial charge is 0.463 e. The molecule has 0 saturated heterocycles. The first-order valence-corrected chi connectivity index (χ1v) is 5.84. The van der Waals surface area contributed by atoms with Crippen LogP contribution in [0.1, 0.15) is 13.8 Å². The van der Waals surface area contributed by atoms with Gasteiger partial charge in [0.1, 0.15) is 5.82 Å². The molecule has 0 heterocycles. The third-order valence-electron chi connectivity index (χ3n) is 1.99. The number of anilines is 1. The van der Waals surface area contributed by atoms with E-state index >= 15 is 0 Å². The zero-order valence-electron chi connectivity index (χ0n) is 11.1. The van der Waals surface area contributed by atoms with Crippen LogP contribution in [0.2, 0.25) is 0 Å². The van der Waals surface area contributed by atoms with Crippen molar-refractivity contribution in [2.45, 2.75) is 13.8 Å². The molecule has 1 aromatic rings. The zero-order chi connectivity index (χ0) is 15.0. The Hall–Kier alpha value is -2.57. The van der Waals surface area contributed by atoms with E-state index in [1.807, 2.05) is 0 Å². The van der Waals surface area contributed by atoms with E-state index in [-0.39, 0.29) is 18.0 Å². The SMILES string of the molecule is CCOC(=O)/C=C(\C)N=NC(=O)Nc1cccc(F)c1. The lowest BCUT2D eigenvalue weighted by molar-refractivity contribution is -0.137. The van der Waals surface area contributed by atoms with Crippen molar-refractivity contribution in [3.05, 3.63) is 41.9 Å². The molecule has 7 heteroatoms. The van der Waals surface area contributed by atoms with Crippen molar-refractivity contribution >= 4 is 17.7 Å². The summed E-state index contributed by atoms with van der Waals surface area (Å²) in [6, 6.07) is 4.59. The van der Waals surface area contributed by atoms with E-state index in [0.717, 1.165) is 12.1 Å². The van der Waals surface area contributed by atoms with Crippen LogP contribution in [0.3, 0.4) is 0 Å². The summed E-state index contributed by atoms with van der Waals surface area (Å²) in [5, 5.41) is 9.22. The molecular weight excluding hydrogens is 265 g/mol. The summed E-state index contributed by atoms with van der Waals surface area (Å²) < 4.78 is 17.6. The standard InChI is InChI=1S/C13H14FN3O3/c1-3-20-12(18)7-9(2)16-17-13(19)15-11-6-4-5-10(14)8-11/h4-8H,3H2,1-2H3,(H,15,19)/b9-7+,17-16?. The number of amides is 2. The van der Waals surface area contributed by atoms with Crippen LogP contribution in [0, 0.1) is 5.82 Å². The van der Waals surface area contributed by atoms with E-state index < -0.39 is 17.8 Å². The van der Waals surface area contributed by atoms with E-state index in [9.17, 15) is 14.0 Å². The molecule has 0 aromatic heterocycles. The van der Waals surface area contributed by atoms with E-state index in [4.69, 9.17) is 0 Å². The number of nitrogens with one attached hydrogen (secondary N) is 1. The maximum absolute atomic E-state index is 12.9. The van der Waals surface area contributed by atoms with Crippen LogP contribution < -0.4 is 5.32 Å². The number of nitrogens with zero attached hydrogens (tertiary/aromatic N) is 2. The summed E-state index contributed by atoms with van der Waals surface area (Å²) in [6.07, 6.45) is 1.11. The lowest BCUT2D eigenvalue weighted by Crippen LogP contribution is -2.05. The maximum Gasteiger partial charge on any atom is 0.364 e.